The molecule has 1 fully saturated rings. The van der Waals surface area contributed by atoms with Crippen LogP contribution in [0.25, 0.3) is 0 Å². The van der Waals surface area contributed by atoms with Gasteiger partial charge in [-0.3, -0.25) is 0 Å². The van der Waals surface area contributed by atoms with E-state index in [-0.39, 0.29) is 0 Å². The van der Waals surface area contributed by atoms with Gasteiger partial charge in [-0.1, -0.05) is 33.1 Å². The van der Waals surface area contributed by atoms with Gasteiger partial charge in [0.15, 0.2) is 0 Å². The molecule has 3 nitrogen and oxygen atoms in total. The number of aryl methyl sites for hydroxylation is 1. The third-order valence-electron chi connectivity index (χ3n) is 4.53. The number of nitrogens with one attached hydrogen (secondary N) is 1. The van der Waals surface area contributed by atoms with Crippen LogP contribution in [0.15, 0.2) is 12.4 Å². The molecular weight excluding hydrogens is 246 g/mol. The third-order valence-corrected chi connectivity index (χ3v) is 4.53. The van der Waals surface area contributed by atoms with Crippen LogP contribution in [0.2, 0.25) is 0 Å². The van der Waals surface area contributed by atoms with E-state index in [1.807, 2.05) is 6.20 Å². The summed E-state index contributed by atoms with van der Waals surface area (Å²) in [5.41, 5.74) is 0. The number of rotatable bonds is 7. The van der Waals surface area contributed by atoms with Gasteiger partial charge in [-0.25, -0.2) is 4.98 Å². The number of hydrogen-bond donors (Lipinski definition) is 1. The highest BCUT2D eigenvalue weighted by atomic mass is 15.1. The lowest BCUT2D eigenvalue weighted by Crippen LogP contribution is -2.37. The van der Waals surface area contributed by atoms with Gasteiger partial charge in [0.05, 0.1) is 0 Å². The maximum Gasteiger partial charge on any atom is 0.108 e. The van der Waals surface area contributed by atoms with Gasteiger partial charge in [-0.2, -0.15) is 0 Å². The largest absolute Gasteiger partial charge is 0.335 e. The lowest BCUT2D eigenvalue weighted by Gasteiger charge is -2.26. The third kappa shape index (κ3) is 4.34. The summed E-state index contributed by atoms with van der Waals surface area (Å²) in [7, 11) is 0. The van der Waals surface area contributed by atoms with E-state index in [4.69, 9.17) is 0 Å². The van der Waals surface area contributed by atoms with Gasteiger partial charge in [0, 0.05) is 31.4 Å². The summed E-state index contributed by atoms with van der Waals surface area (Å²) in [5.74, 6) is 2.06. The molecule has 1 heterocycles. The van der Waals surface area contributed by atoms with Crippen LogP contribution >= 0.6 is 0 Å². The minimum absolute atomic E-state index is 0.698. The fourth-order valence-corrected chi connectivity index (χ4v) is 3.44. The summed E-state index contributed by atoms with van der Waals surface area (Å²) < 4.78 is 2.35. The first kappa shape index (κ1) is 15.6. The molecule has 114 valence electrons. The maximum atomic E-state index is 4.61. The van der Waals surface area contributed by atoms with Crippen molar-refractivity contribution >= 4 is 0 Å². The second kappa shape index (κ2) is 8.46. The van der Waals surface area contributed by atoms with Crippen LogP contribution in [0.5, 0.6) is 0 Å². The quantitative estimate of drug-likeness (QED) is 0.769. The summed E-state index contributed by atoms with van der Waals surface area (Å²) in [4.78, 5) is 4.61. The van der Waals surface area contributed by atoms with Gasteiger partial charge < -0.3 is 9.88 Å². The molecular formula is C17H31N3. The molecule has 1 N–H and O–H groups in total. The summed E-state index contributed by atoms with van der Waals surface area (Å²) in [6.07, 6.45) is 14.6. The van der Waals surface area contributed by atoms with Crippen molar-refractivity contribution in [3.05, 3.63) is 18.2 Å². The van der Waals surface area contributed by atoms with Crippen LogP contribution in [-0.2, 0) is 13.0 Å². The monoisotopic (exact) mass is 277 g/mol. The minimum atomic E-state index is 0.698. The van der Waals surface area contributed by atoms with E-state index in [2.05, 4.69) is 34.9 Å². The van der Waals surface area contributed by atoms with Crippen LogP contribution in [0.3, 0.4) is 0 Å². The van der Waals surface area contributed by atoms with Crippen molar-refractivity contribution in [3.8, 4) is 0 Å². The van der Waals surface area contributed by atoms with E-state index in [0.717, 1.165) is 25.4 Å². The van der Waals surface area contributed by atoms with E-state index in [0.29, 0.717) is 6.04 Å². The smallest absolute Gasteiger partial charge is 0.108 e. The molecule has 2 atom stereocenters. The van der Waals surface area contributed by atoms with E-state index in [1.165, 1.54) is 50.8 Å². The molecule has 1 aromatic heterocycles. The molecule has 0 radical (unpaired) electrons. The molecule has 3 heteroatoms. The number of aromatic nitrogens is 2. The van der Waals surface area contributed by atoms with Crippen molar-refractivity contribution in [2.24, 2.45) is 5.92 Å². The first-order chi connectivity index (χ1) is 9.85. The lowest BCUT2D eigenvalue weighted by atomic mass is 9.91. The Morgan fingerprint density at radius 3 is 2.85 bits per heavy atom. The Kier molecular flexibility index (Phi) is 6.58. The van der Waals surface area contributed by atoms with Gasteiger partial charge >= 0.3 is 0 Å². The highest BCUT2D eigenvalue weighted by Gasteiger charge is 2.24. The van der Waals surface area contributed by atoms with Crippen LogP contribution in [0.1, 0.15) is 64.6 Å². The Balaban J connectivity index is 2.00. The first-order valence-electron chi connectivity index (χ1n) is 8.58. The molecule has 0 aliphatic heterocycles. The molecule has 1 aliphatic carbocycles. The summed E-state index contributed by atoms with van der Waals surface area (Å²) in [6.45, 7) is 6.76. The van der Waals surface area contributed by atoms with Crippen molar-refractivity contribution < 1.29 is 0 Å². The maximum absolute atomic E-state index is 4.61. The molecule has 1 aliphatic rings. The van der Waals surface area contributed by atoms with Crippen LogP contribution < -0.4 is 5.32 Å². The normalized spacial score (nSPS) is 23.7. The van der Waals surface area contributed by atoms with Crippen LogP contribution in [-0.4, -0.2) is 22.1 Å². The van der Waals surface area contributed by atoms with E-state index >= 15 is 0 Å². The zero-order valence-electron chi connectivity index (χ0n) is 13.3. The second-order valence-corrected chi connectivity index (χ2v) is 6.20. The Morgan fingerprint density at radius 1 is 1.20 bits per heavy atom. The van der Waals surface area contributed by atoms with Gasteiger partial charge in [0.2, 0.25) is 0 Å². The van der Waals surface area contributed by atoms with Crippen molar-refractivity contribution in [2.75, 3.05) is 6.54 Å². The Morgan fingerprint density at radius 2 is 2.05 bits per heavy atom. The second-order valence-electron chi connectivity index (χ2n) is 6.20. The Hall–Kier alpha value is -0.830. The van der Waals surface area contributed by atoms with Crippen LogP contribution in [0.4, 0.5) is 0 Å². The standard InChI is InChI=1S/C17H31N3/c1-3-10-18-16-9-7-5-6-8-15(16)14-17-19-11-13-20(17)12-4-2/h11,13,15-16,18H,3-10,12,14H2,1-2H3. The van der Waals surface area contributed by atoms with E-state index < -0.39 is 0 Å². The predicted molar refractivity (Wildman–Crippen MR) is 84.9 cm³/mol. The topological polar surface area (TPSA) is 29.9 Å². The zero-order chi connectivity index (χ0) is 14.2. The fraction of sp³-hybridized carbons (Fsp3) is 0.824. The first-order valence-corrected chi connectivity index (χ1v) is 8.58. The molecule has 0 spiro atoms. The van der Waals surface area contributed by atoms with E-state index in [9.17, 15) is 0 Å². The number of imidazole rings is 1. The number of nitrogens with zero attached hydrogens (tertiary/aromatic N) is 2. The van der Waals surface area contributed by atoms with Gasteiger partial charge in [0.1, 0.15) is 5.82 Å². The molecule has 2 unspecified atom stereocenters. The van der Waals surface area contributed by atoms with Crippen LogP contribution in [0, 0.1) is 5.92 Å². The zero-order valence-corrected chi connectivity index (χ0v) is 13.3. The molecule has 20 heavy (non-hydrogen) atoms. The summed E-state index contributed by atoms with van der Waals surface area (Å²) in [6, 6.07) is 0.698. The molecule has 0 saturated heterocycles. The molecule has 1 aromatic rings. The van der Waals surface area contributed by atoms with Crippen molar-refractivity contribution in [1.29, 1.82) is 0 Å². The lowest BCUT2D eigenvalue weighted by molar-refractivity contribution is 0.325. The van der Waals surface area contributed by atoms with Crippen molar-refractivity contribution in [2.45, 2.75) is 77.8 Å². The van der Waals surface area contributed by atoms with Crippen molar-refractivity contribution in [3.63, 3.8) is 0 Å². The minimum Gasteiger partial charge on any atom is -0.335 e. The molecule has 0 bridgehead atoms. The molecule has 0 amide bonds. The Labute approximate surface area is 124 Å². The predicted octanol–water partition coefficient (Wildman–Crippen LogP) is 3.78. The van der Waals surface area contributed by atoms with Crippen molar-refractivity contribution in [1.82, 2.24) is 14.9 Å². The summed E-state index contributed by atoms with van der Waals surface area (Å²) >= 11 is 0. The summed E-state index contributed by atoms with van der Waals surface area (Å²) in [5, 5.41) is 3.79. The average molecular weight is 277 g/mol. The SMILES string of the molecule is CCCNC1CCCCCC1Cc1nccn1CCC. The molecule has 2 rings (SSSR count). The highest BCUT2D eigenvalue weighted by molar-refractivity contribution is 4.96. The van der Waals surface area contributed by atoms with Gasteiger partial charge in [-0.15, -0.1) is 0 Å². The van der Waals surface area contributed by atoms with Gasteiger partial charge in [0.25, 0.3) is 0 Å². The molecule has 1 saturated carbocycles. The van der Waals surface area contributed by atoms with E-state index in [1.54, 1.807) is 0 Å². The Bertz CT molecular complexity index is 372. The number of hydrogen-bond acceptors (Lipinski definition) is 2. The fourth-order valence-electron chi connectivity index (χ4n) is 3.44. The molecule has 0 aromatic carbocycles. The van der Waals surface area contributed by atoms with Gasteiger partial charge in [-0.05, 0) is 38.1 Å². The highest BCUT2D eigenvalue weighted by Crippen LogP contribution is 2.26. The average Bonchev–Trinajstić information content (AvgIpc) is 2.76.